The number of nitrogens with zero attached hydrogens (tertiary/aromatic N) is 2. The van der Waals surface area contributed by atoms with Gasteiger partial charge in [0.1, 0.15) is 18.0 Å². The Hall–Kier alpha value is -2.86. The van der Waals surface area contributed by atoms with Crippen LogP contribution in [0.4, 0.5) is 11.5 Å². The molecule has 23 heavy (non-hydrogen) atoms. The summed E-state index contributed by atoms with van der Waals surface area (Å²) in [6.45, 7) is 3.73. The third-order valence-corrected chi connectivity index (χ3v) is 3.73. The first-order chi connectivity index (χ1) is 11.2. The number of benzene rings is 1. The first-order valence-corrected chi connectivity index (χ1v) is 7.13. The molecule has 6 nitrogen and oxygen atoms in total. The van der Waals surface area contributed by atoms with E-state index in [2.05, 4.69) is 11.6 Å². The van der Waals surface area contributed by atoms with Crippen LogP contribution in [0, 0.1) is 0 Å². The summed E-state index contributed by atoms with van der Waals surface area (Å²) in [6.07, 6.45) is 3.36. The highest BCUT2D eigenvalue weighted by Crippen LogP contribution is 2.40. The second-order valence-electron chi connectivity index (χ2n) is 5.13. The topological polar surface area (TPSA) is 82.9 Å². The van der Waals surface area contributed by atoms with Crippen molar-refractivity contribution in [1.29, 1.82) is 0 Å². The Morgan fingerprint density at radius 3 is 2.87 bits per heavy atom. The lowest BCUT2D eigenvalue weighted by Crippen LogP contribution is -2.43. The van der Waals surface area contributed by atoms with E-state index in [0.717, 1.165) is 5.56 Å². The van der Waals surface area contributed by atoms with Crippen molar-refractivity contribution in [3.8, 4) is 5.75 Å². The predicted molar refractivity (Wildman–Crippen MR) is 86.2 cm³/mol. The monoisotopic (exact) mass is 312 g/mol. The van der Waals surface area contributed by atoms with Gasteiger partial charge in [0.15, 0.2) is 5.75 Å². The van der Waals surface area contributed by atoms with Crippen molar-refractivity contribution in [2.24, 2.45) is 0 Å². The summed E-state index contributed by atoms with van der Waals surface area (Å²) in [5.41, 5.74) is 1.54. The molecule has 1 atom stereocenters. The van der Waals surface area contributed by atoms with E-state index in [-0.39, 0.29) is 24.8 Å². The number of aliphatic hydroxyl groups is 1. The van der Waals surface area contributed by atoms with Crippen molar-refractivity contribution in [1.82, 2.24) is 4.98 Å². The Balaban J connectivity index is 2.12. The molecule has 0 fully saturated rings. The van der Waals surface area contributed by atoms with Gasteiger partial charge in [-0.2, -0.15) is 0 Å². The molecule has 3 rings (SSSR count). The third kappa shape index (κ3) is 2.64. The van der Waals surface area contributed by atoms with E-state index in [1.54, 1.807) is 29.3 Å². The maximum absolute atomic E-state index is 11.4. The van der Waals surface area contributed by atoms with Crippen LogP contribution >= 0.6 is 0 Å². The van der Waals surface area contributed by atoms with E-state index in [1.165, 1.54) is 6.07 Å². The molecule has 2 heterocycles. The van der Waals surface area contributed by atoms with Crippen LogP contribution in [0.25, 0.3) is 6.08 Å². The largest absolute Gasteiger partial charge is 0.488 e. The first-order valence-electron chi connectivity index (χ1n) is 7.13. The normalized spacial score (nSPS) is 16.4. The van der Waals surface area contributed by atoms with Gasteiger partial charge in [-0.15, -0.1) is 0 Å². The molecule has 0 unspecified atom stereocenters. The van der Waals surface area contributed by atoms with Gasteiger partial charge in [0.05, 0.1) is 18.3 Å². The fourth-order valence-electron chi connectivity index (χ4n) is 2.59. The summed E-state index contributed by atoms with van der Waals surface area (Å²) in [4.78, 5) is 17.6. The van der Waals surface area contributed by atoms with Crippen LogP contribution in [-0.4, -0.2) is 40.4 Å². The molecular formula is C17H16N2O4. The lowest BCUT2D eigenvalue weighted by atomic mass is 10.1. The highest BCUT2D eigenvalue weighted by Gasteiger charge is 2.31. The Bertz CT molecular complexity index is 743. The van der Waals surface area contributed by atoms with Crippen molar-refractivity contribution in [2.75, 3.05) is 18.1 Å². The van der Waals surface area contributed by atoms with Crippen molar-refractivity contribution >= 4 is 23.6 Å². The zero-order valence-electron chi connectivity index (χ0n) is 12.3. The van der Waals surface area contributed by atoms with Crippen molar-refractivity contribution in [3.05, 3.63) is 54.2 Å². The smallest absolute Gasteiger partial charge is 0.339 e. The van der Waals surface area contributed by atoms with Crippen LogP contribution in [0.3, 0.4) is 0 Å². The number of ether oxygens (including phenoxy) is 1. The van der Waals surface area contributed by atoms with Gasteiger partial charge in [0.2, 0.25) is 0 Å². The maximum Gasteiger partial charge on any atom is 0.339 e. The van der Waals surface area contributed by atoms with Gasteiger partial charge in [-0.3, -0.25) is 0 Å². The zero-order valence-corrected chi connectivity index (χ0v) is 12.3. The second kappa shape index (κ2) is 6.10. The van der Waals surface area contributed by atoms with E-state index < -0.39 is 5.97 Å². The molecule has 1 aliphatic rings. The summed E-state index contributed by atoms with van der Waals surface area (Å²) in [5.74, 6) is -0.153. The van der Waals surface area contributed by atoms with Crippen molar-refractivity contribution in [2.45, 2.75) is 6.04 Å². The molecule has 0 amide bonds. The fraction of sp³-hybridized carbons (Fsp3) is 0.176. The molecule has 1 aromatic carbocycles. The predicted octanol–water partition coefficient (Wildman–Crippen LogP) is 2.31. The van der Waals surface area contributed by atoms with Gasteiger partial charge >= 0.3 is 5.97 Å². The number of aromatic nitrogens is 1. The zero-order chi connectivity index (χ0) is 16.4. The van der Waals surface area contributed by atoms with Gasteiger partial charge in [0, 0.05) is 6.20 Å². The molecule has 1 aliphatic heterocycles. The minimum atomic E-state index is -1.06. The van der Waals surface area contributed by atoms with Crippen molar-refractivity contribution < 1.29 is 19.7 Å². The number of carboxylic acid groups (broad SMARTS) is 1. The van der Waals surface area contributed by atoms with Crippen LogP contribution in [0.1, 0.15) is 15.9 Å². The van der Waals surface area contributed by atoms with E-state index in [1.807, 2.05) is 12.1 Å². The Morgan fingerprint density at radius 1 is 1.43 bits per heavy atom. The number of carbonyl (C=O) groups is 1. The molecule has 0 saturated heterocycles. The van der Waals surface area contributed by atoms with Gasteiger partial charge in [-0.05, 0) is 29.8 Å². The quantitative estimate of drug-likeness (QED) is 0.901. The second-order valence-corrected chi connectivity index (χ2v) is 5.13. The molecule has 0 aliphatic carbocycles. The van der Waals surface area contributed by atoms with Crippen LogP contribution in [0.15, 0.2) is 43.1 Å². The number of hydrogen-bond acceptors (Lipinski definition) is 5. The van der Waals surface area contributed by atoms with Crippen LogP contribution in [-0.2, 0) is 0 Å². The molecule has 2 aromatic rings. The summed E-state index contributed by atoms with van der Waals surface area (Å²) in [7, 11) is 0. The molecule has 118 valence electrons. The molecular weight excluding hydrogens is 296 g/mol. The summed E-state index contributed by atoms with van der Waals surface area (Å²) in [5, 5.41) is 19.0. The van der Waals surface area contributed by atoms with Gasteiger partial charge < -0.3 is 19.8 Å². The average molecular weight is 312 g/mol. The number of rotatable bonds is 4. The standard InChI is InChI=1S/C17H16N2O4/c1-2-11-6-7-15(18-8-11)19-12(9-20)10-23-16-13(17(21)22)4-3-5-14(16)19/h2-8,12,20H,1,9-10H2,(H,21,22)/t12-/m0/s1. The molecule has 0 saturated carbocycles. The summed E-state index contributed by atoms with van der Waals surface area (Å²) in [6, 6.07) is 8.23. The van der Waals surface area contributed by atoms with Gasteiger partial charge in [0.25, 0.3) is 0 Å². The lowest BCUT2D eigenvalue weighted by Gasteiger charge is -2.37. The lowest BCUT2D eigenvalue weighted by molar-refractivity contribution is 0.0690. The average Bonchev–Trinajstić information content (AvgIpc) is 2.60. The maximum atomic E-state index is 11.4. The number of fused-ring (bicyclic) bond motifs is 1. The number of anilines is 2. The highest BCUT2D eigenvalue weighted by molar-refractivity contribution is 5.94. The number of aromatic carboxylic acids is 1. The van der Waals surface area contributed by atoms with Gasteiger partial charge in [-0.25, -0.2) is 9.78 Å². The molecule has 1 aromatic heterocycles. The minimum Gasteiger partial charge on any atom is -0.488 e. The Morgan fingerprint density at radius 2 is 2.26 bits per heavy atom. The molecule has 0 radical (unpaired) electrons. The number of para-hydroxylation sites is 1. The number of carboxylic acids is 1. The summed E-state index contributed by atoms with van der Waals surface area (Å²) >= 11 is 0. The van der Waals surface area contributed by atoms with Gasteiger partial charge in [-0.1, -0.05) is 18.7 Å². The molecule has 2 N–H and O–H groups in total. The van der Waals surface area contributed by atoms with Crippen LogP contribution in [0.2, 0.25) is 0 Å². The highest BCUT2D eigenvalue weighted by atomic mass is 16.5. The fourth-order valence-corrected chi connectivity index (χ4v) is 2.59. The molecule has 6 heteroatoms. The van der Waals surface area contributed by atoms with Crippen LogP contribution in [0.5, 0.6) is 5.75 Å². The van der Waals surface area contributed by atoms with E-state index >= 15 is 0 Å². The number of pyridine rings is 1. The summed E-state index contributed by atoms with van der Waals surface area (Å²) < 4.78 is 5.59. The van der Waals surface area contributed by atoms with E-state index in [9.17, 15) is 15.0 Å². The number of hydrogen-bond donors (Lipinski definition) is 2. The number of aliphatic hydroxyl groups excluding tert-OH is 1. The first kappa shape index (κ1) is 15.1. The third-order valence-electron chi connectivity index (χ3n) is 3.73. The SMILES string of the molecule is C=Cc1ccc(N2c3cccc(C(=O)O)c3OC[C@@H]2CO)nc1. The minimum absolute atomic E-state index is 0.0894. The Kier molecular flexibility index (Phi) is 3.99. The van der Waals surface area contributed by atoms with Crippen LogP contribution < -0.4 is 9.64 Å². The van der Waals surface area contributed by atoms with E-state index in [0.29, 0.717) is 17.3 Å². The van der Waals surface area contributed by atoms with Crippen molar-refractivity contribution in [3.63, 3.8) is 0 Å². The molecule has 0 bridgehead atoms. The van der Waals surface area contributed by atoms with E-state index in [4.69, 9.17) is 4.74 Å². The molecule has 0 spiro atoms. The Labute approximate surface area is 133 Å².